The van der Waals surface area contributed by atoms with Crippen molar-refractivity contribution in [2.24, 2.45) is 0 Å². The zero-order valence-electron chi connectivity index (χ0n) is 9.29. The molecule has 1 aromatic heterocycles. The van der Waals surface area contributed by atoms with Gasteiger partial charge in [0.2, 0.25) is 0 Å². The van der Waals surface area contributed by atoms with Crippen molar-refractivity contribution >= 4 is 0 Å². The summed E-state index contributed by atoms with van der Waals surface area (Å²) in [6.07, 6.45) is 7.26. The minimum absolute atomic E-state index is 0.863. The normalized spacial score (nSPS) is 10.7. The lowest BCUT2D eigenvalue weighted by Gasteiger charge is -2.00. The summed E-state index contributed by atoms with van der Waals surface area (Å²) in [6, 6.07) is 2.08. The molecule has 0 spiro atoms. The molecule has 0 unspecified atom stereocenters. The number of hydrogen-bond donors (Lipinski definition) is 1. The summed E-state index contributed by atoms with van der Waals surface area (Å²) in [4.78, 5) is 0. The number of nitrogens with zero attached hydrogens (tertiary/aromatic N) is 2. The molecule has 1 N–H and O–H groups in total. The predicted molar refractivity (Wildman–Crippen MR) is 59.1 cm³/mol. The molecular formula is C11H21N3. The van der Waals surface area contributed by atoms with Crippen LogP contribution in [0.15, 0.2) is 12.3 Å². The lowest BCUT2D eigenvalue weighted by atomic mass is 10.2. The highest BCUT2D eigenvalue weighted by atomic mass is 15.3. The molecule has 0 aliphatic heterocycles. The van der Waals surface area contributed by atoms with Crippen molar-refractivity contribution in [3.05, 3.63) is 18.0 Å². The Morgan fingerprint density at radius 1 is 1.36 bits per heavy atom. The molecule has 3 nitrogen and oxygen atoms in total. The first kappa shape index (κ1) is 11.2. The Morgan fingerprint density at radius 3 is 2.93 bits per heavy atom. The van der Waals surface area contributed by atoms with E-state index in [1.807, 2.05) is 11.7 Å². The quantitative estimate of drug-likeness (QED) is 0.676. The first-order valence-corrected chi connectivity index (χ1v) is 5.53. The Morgan fingerprint density at radius 2 is 2.21 bits per heavy atom. The summed E-state index contributed by atoms with van der Waals surface area (Å²) < 4.78 is 2.04. The first-order valence-electron chi connectivity index (χ1n) is 5.53. The minimum Gasteiger partial charge on any atom is -0.314 e. The SMILES string of the molecule is CCCCCCn1ccc(CNC)n1. The summed E-state index contributed by atoms with van der Waals surface area (Å²) in [5.41, 5.74) is 1.13. The summed E-state index contributed by atoms with van der Waals surface area (Å²) in [5.74, 6) is 0. The van der Waals surface area contributed by atoms with Gasteiger partial charge in [0, 0.05) is 19.3 Å². The van der Waals surface area contributed by atoms with Crippen molar-refractivity contribution in [1.82, 2.24) is 15.1 Å². The van der Waals surface area contributed by atoms with Crippen LogP contribution < -0.4 is 5.32 Å². The van der Waals surface area contributed by atoms with Crippen LogP contribution in [-0.2, 0) is 13.1 Å². The molecule has 1 rings (SSSR count). The molecule has 14 heavy (non-hydrogen) atoms. The lowest BCUT2D eigenvalue weighted by molar-refractivity contribution is 0.535. The molecule has 3 heteroatoms. The number of aryl methyl sites for hydroxylation is 1. The lowest BCUT2D eigenvalue weighted by Crippen LogP contribution is -2.07. The van der Waals surface area contributed by atoms with E-state index < -0.39 is 0 Å². The summed E-state index contributed by atoms with van der Waals surface area (Å²) in [5, 5.41) is 7.55. The van der Waals surface area contributed by atoms with Crippen LogP contribution in [0, 0.1) is 0 Å². The van der Waals surface area contributed by atoms with Crippen LogP contribution in [0.3, 0.4) is 0 Å². The highest BCUT2D eigenvalue weighted by Crippen LogP contribution is 2.02. The molecule has 1 aromatic rings. The van der Waals surface area contributed by atoms with Gasteiger partial charge in [-0.3, -0.25) is 4.68 Å². The van der Waals surface area contributed by atoms with Crippen LogP contribution in [-0.4, -0.2) is 16.8 Å². The fraction of sp³-hybridized carbons (Fsp3) is 0.727. The van der Waals surface area contributed by atoms with E-state index in [0.717, 1.165) is 18.8 Å². The highest BCUT2D eigenvalue weighted by molar-refractivity contribution is 4.97. The molecule has 0 saturated heterocycles. The molecule has 0 saturated carbocycles. The minimum atomic E-state index is 0.863. The van der Waals surface area contributed by atoms with Gasteiger partial charge < -0.3 is 5.32 Å². The van der Waals surface area contributed by atoms with Crippen molar-refractivity contribution in [2.45, 2.75) is 45.7 Å². The largest absolute Gasteiger partial charge is 0.314 e. The van der Waals surface area contributed by atoms with Gasteiger partial charge in [-0.05, 0) is 19.5 Å². The smallest absolute Gasteiger partial charge is 0.0762 e. The fourth-order valence-corrected chi connectivity index (χ4v) is 1.50. The molecule has 1 heterocycles. The Balaban J connectivity index is 2.22. The van der Waals surface area contributed by atoms with E-state index in [-0.39, 0.29) is 0 Å². The van der Waals surface area contributed by atoms with E-state index in [4.69, 9.17) is 0 Å². The third-order valence-electron chi connectivity index (χ3n) is 2.29. The number of unbranched alkanes of at least 4 members (excludes halogenated alkanes) is 3. The molecule has 0 aromatic carbocycles. The maximum atomic E-state index is 4.45. The van der Waals surface area contributed by atoms with E-state index in [0.29, 0.717) is 0 Å². The standard InChI is InChI=1S/C11H21N3/c1-3-4-5-6-8-14-9-7-11(13-14)10-12-2/h7,9,12H,3-6,8,10H2,1-2H3. The molecule has 0 fully saturated rings. The average Bonchev–Trinajstić information content (AvgIpc) is 2.61. The molecular weight excluding hydrogens is 174 g/mol. The monoisotopic (exact) mass is 195 g/mol. The van der Waals surface area contributed by atoms with Crippen molar-refractivity contribution < 1.29 is 0 Å². The zero-order chi connectivity index (χ0) is 10.2. The van der Waals surface area contributed by atoms with E-state index >= 15 is 0 Å². The Hall–Kier alpha value is -0.830. The Labute approximate surface area is 86.5 Å². The first-order chi connectivity index (χ1) is 6.86. The molecule has 0 aliphatic rings. The van der Waals surface area contributed by atoms with Gasteiger partial charge in [-0.25, -0.2) is 0 Å². The predicted octanol–water partition coefficient (Wildman–Crippen LogP) is 2.18. The van der Waals surface area contributed by atoms with Gasteiger partial charge >= 0.3 is 0 Å². The van der Waals surface area contributed by atoms with Crippen LogP contribution in [0.5, 0.6) is 0 Å². The summed E-state index contributed by atoms with van der Waals surface area (Å²) >= 11 is 0. The molecule has 0 radical (unpaired) electrons. The number of hydrogen-bond acceptors (Lipinski definition) is 2. The van der Waals surface area contributed by atoms with E-state index in [1.165, 1.54) is 25.7 Å². The second kappa shape index (κ2) is 6.60. The third kappa shape index (κ3) is 3.92. The molecule has 0 atom stereocenters. The van der Waals surface area contributed by atoms with Crippen molar-refractivity contribution in [3.8, 4) is 0 Å². The second-order valence-corrected chi connectivity index (χ2v) is 3.66. The van der Waals surface area contributed by atoms with E-state index in [9.17, 15) is 0 Å². The number of nitrogens with one attached hydrogen (secondary N) is 1. The van der Waals surface area contributed by atoms with Gasteiger partial charge in [0.15, 0.2) is 0 Å². The second-order valence-electron chi connectivity index (χ2n) is 3.66. The average molecular weight is 195 g/mol. The summed E-state index contributed by atoms with van der Waals surface area (Å²) in [7, 11) is 1.94. The highest BCUT2D eigenvalue weighted by Gasteiger charge is 1.96. The van der Waals surface area contributed by atoms with Crippen molar-refractivity contribution in [3.63, 3.8) is 0 Å². The van der Waals surface area contributed by atoms with Crippen LogP contribution in [0.2, 0.25) is 0 Å². The molecule has 0 bridgehead atoms. The number of rotatable bonds is 7. The van der Waals surface area contributed by atoms with Crippen molar-refractivity contribution in [1.29, 1.82) is 0 Å². The van der Waals surface area contributed by atoms with Gasteiger partial charge in [-0.2, -0.15) is 5.10 Å². The van der Waals surface area contributed by atoms with Crippen LogP contribution in [0.25, 0.3) is 0 Å². The van der Waals surface area contributed by atoms with Gasteiger partial charge in [-0.1, -0.05) is 26.2 Å². The van der Waals surface area contributed by atoms with Crippen LogP contribution in [0.4, 0.5) is 0 Å². The van der Waals surface area contributed by atoms with Gasteiger partial charge in [0.1, 0.15) is 0 Å². The van der Waals surface area contributed by atoms with E-state index in [1.54, 1.807) is 0 Å². The maximum Gasteiger partial charge on any atom is 0.0762 e. The third-order valence-corrected chi connectivity index (χ3v) is 2.29. The van der Waals surface area contributed by atoms with Gasteiger partial charge in [-0.15, -0.1) is 0 Å². The van der Waals surface area contributed by atoms with Crippen LogP contribution >= 0.6 is 0 Å². The maximum absolute atomic E-state index is 4.45. The Bertz CT molecular complexity index is 242. The molecule has 0 amide bonds. The van der Waals surface area contributed by atoms with Gasteiger partial charge in [0.25, 0.3) is 0 Å². The Kier molecular flexibility index (Phi) is 5.30. The van der Waals surface area contributed by atoms with Gasteiger partial charge in [0.05, 0.1) is 5.69 Å². The number of aromatic nitrogens is 2. The van der Waals surface area contributed by atoms with Crippen molar-refractivity contribution in [2.75, 3.05) is 7.05 Å². The fourth-order valence-electron chi connectivity index (χ4n) is 1.50. The summed E-state index contributed by atoms with van der Waals surface area (Å²) in [6.45, 7) is 4.16. The topological polar surface area (TPSA) is 29.9 Å². The van der Waals surface area contributed by atoms with Crippen LogP contribution in [0.1, 0.15) is 38.3 Å². The zero-order valence-corrected chi connectivity index (χ0v) is 9.29. The molecule has 80 valence electrons. The molecule has 0 aliphatic carbocycles. The van der Waals surface area contributed by atoms with E-state index in [2.05, 4.69) is 29.6 Å².